The average molecular weight is 577 g/mol. The van der Waals surface area contributed by atoms with Crippen LogP contribution in [0.3, 0.4) is 0 Å². The number of aryl methyl sites for hydroxylation is 1. The van der Waals surface area contributed by atoms with Crippen LogP contribution in [0.5, 0.6) is 0 Å². The number of nitrogens with one attached hydrogen (secondary N) is 1. The van der Waals surface area contributed by atoms with Crippen molar-refractivity contribution >= 4 is 62.0 Å². The molecule has 0 spiro atoms. The molecule has 0 radical (unpaired) electrons. The second-order valence-electron chi connectivity index (χ2n) is 7.70. The lowest BCUT2D eigenvalue weighted by Gasteiger charge is -2.07. The smallest absolute Gasteiger partial charge is 0.277 e. The van der Waals surface area contributed by atoms with E-state index in [-0.39, 0.29) is 38.1 Å². The molecule has 2 aromatic carbocycles. The Hall–Kier alpha value is -3.58. The zero-order valence-electron chi connectivity index (χ0n) is 18.8. The zero-order chi connectivity index (χ0) is 26.3. The molecule has 0 fully saturated rings. The van der Waals surface area contributed by atoms with Gasteiger partial charge in [0.25, 0.3) is 15.6 Å². The first-order valence-electron chi connectivity index (χ1n) is 10.5. The van der Waals surface area contributed by atoms with Crippen LogP contribution in [-0.4, -0.2) is 32.8 Å². The molecule has 14 heteroatoms. The highest BCUT2D eigenvalue weighted by molar-refractivity contribution is 7.95. The first-order chi connectivity index (χ1) is 17.6. The molecule has 0 amide bonds. The Morgan fingerprint density at radius 1 is 1.08 bits per heavy atom. The summed E-state index contributed by atoms with van der Waals surface area (Å²) >= 11 is 13.1. The molecule has 0 saturated carbocycles. The number of halogens is 3. The van der Waals surface area contributed by atoms with Gasteiger partial charge in [0.15, 0.2) is 10.7 Å². The number of nitrogens with zero attached hydrogens (tertiary/aromatic N) is 5. The molecular weight excluding hydrogens is 562 g/mol. The Balaban J connectivity index is 1.47. The summed E-state index contributed by atoms with van der Waals surface area (Å²) in [6.07, 6.45) is 3.76. The van der Waals surface area contributed by atoms with Crippen LogP contribution in [0.25, 0.3) is 32.9 Å². The number of hydrogen-bond acceptors (Lipinski definition) is 7. The molecular formula is C23H15Cl2FN6O3S2. The van der Waals surface area contributed by atoms with Crippen LogP contribution in [0.1, 0.15) is 5.56 Å². The van der Waals surface area contributed by atoms with Crippen LogP contribution in [0, 0.1) is 5.82 Å². The molecule has 9 nitrogen and oxygen atoms in total. The highest BCUT2D eigenvalue weighted by Crippen LogP contribution is 2.31. The third-order valence-corrected chi connectivity index (χ3v) is 7.99. The van der Waals surface area contributed by atoms with E-state index < -0.39 is 15.8 Å². The van der Waals surface area contributed by atoms with Crippen LogP contribution in [-0.2, 0) is 17.1 Å². The van der Waals surface area contributed by atoms with Gasteiger partial charge >= 0.3 is 0 Å². The molecule has 0 saturated heterocycles. The van der Waals surface area contributed by atoms with E-state index in [1.54, 1.807) is 0 Å². The molecule has 0 atom stereocenters. The predicted molar refractivity (Wildman–Crippen MR) is 143 cm³/mol. The first-order valence-corrected chi connectivity index (χ1v) is 13.6. The van der Waals surface area contributed by atoms with Gasteiger partial charge in [-0.1, -0.05) is 64.9 Å². The third kappa shape index (κ3) is 4.88. The lowest BCUT2D eigenvalue weighted by Crippen LogP contribution is -2.16. The summed E-state index contributed by atoms with van der Waals surface area (Å²) in [5.41, 5.74) is 1.11. The molecule has 3 heterocycles. The summed E-state index contributed by atoms with van der Waals surface area (Å²) in [7, 11) is -2.56. The van der Waals surface area contributed by atoms with E-state index in [1.165, 1.54) is 46.0 Å². The van der Waals surface area contributed by atoms with Crippen molar-refractivity contribution in [2.75, 3.05) is 4.72 Å². The van der Waals surface area contributed by atoms with E-state index in [9.17, 15) is 17.6 Å². The summed E-state index contributed by atoms with van der Waals surface area (Å²) < 4.78 is 44.0. The molecule has 0 unspecified atom stereocenters. The second-order valence-corrected chi connectivity index (χ2v) is 11.0. The zero-order valence-corrected chi connectivity index (χ0v) is 21.9. The van der Waals surface area contributed by atoms with Gasteiger partial charge in [0.2, 0.25) is 0 Å². The van der Waals surface area contributed by atoms with Gasteiger partial charge in [0, 0.05) is 23.2 Å². The van der Waals surface area contributed by atoms with E-state index in [0.717, 1.165) is 23.1 Å². The molecule has 188 valence electrons. The van der Waals surface area contributed by atoms with Crippen molar-refractivity contribution in [1.29, 1.82) is 0 Å². The number of rotatable bonds is 6. The van der Waals surface area contributed by atoms with Crippen molar-refractivity contribution in [3.8, 4) is 21.1 Å². The van der Waals surface area contributed by atoms with Gasteiger partial charge in [-0.15, -0.1) is 10.2 Å². The van der Waals surface area contributed by atoms with Crippen molar-refractivity contribution in [2.45, 2.75) is 0 Å². The first kappa shape index (κ1) is 25.1. The highest BCUT2D eigenvalue weighted by Gasteiger charge is 2.21. The van der Waals surface area contributed by atoms with E-state index >= 15 is 0 Å². The summed E-state index contributed by atoms with van der Waals surface area (Å²) in [5, 5.41) is 9.98. The van der Waals surface area contributed by atoms with Crippen molar-refractivity contribution in [3.63, 3.8) is 0 Å². The molecule has 0 aliphatic rings. The Morgan fingerprint density at radius 2 is 1.81 bits per heavy atom. The molecule has 5 aromatic rings. The molecule has 0 aliphatic heterocycles. The van der Waals surface area contributed by atoms with Crippen LogP contribution in [0.4, 0.5) is 10.1 Å². The predicted octanol–water partition coefficient (Wildman–Crippen LogP) is 5.08. The standard InChI is InChI=1S/C23H15Cl2FN6O3S2/c1-31-23(33)18(22-29-28-21(36-22)13-5-3-2-4-6-13)20-27-11-14(12-32(20)31)30-37(34,35)10-9-15-16(24)7-8-17(26)19(15)25/h2-12,30H,1H3/b10-9+. The number of benzene rings is 2. The molecule has 37 heavy (non-hydrogen) atoms. The summed E-state index contributed by atoms with van der Waals surface area (Å²) in [4.78, 5) is 17.3. The molecule has 5 rings (SSSR count). The fourth-order valence-electron chi connectivity index (χ4n) is 3.49. The summed E-state index contributed by atoms with van der Waals surface area (Å²) in [6, 6.07) is 11.8. The Kier molecular flexibility index (Phi) is 6.58. The van der Waals surface area contributed by atoms with Crippen molar-refractivity contribution in [1.82, 2.24) is 24.4 Å². The normalized spacial score (nSPS) is 12.0. The number of aromatic nitrogens is 5. The molecule has 3 aromatic heterocycles. The van der Waals surface area contributed by atoms with E-state index in [1.807, 2.05) is 30.3 Å². The van der Waals surface area contributed by atoms with Gasteiger partial charge in [-0.05, 0) is 18.2 Å². The number of fused-ring (bicyclic) bond motifs is 1. The second kappa shape index (κ2) is 9.71. The highest BCUT2D eigenvalue weighted by atomic mass is 35.5. The monoisotopic (exact) mass is 576 g/mol. The van der Waals surface area contributed by atoms with Crippen LogP contribution in [0.15, 0.2) is 65.1 Å². The minimum Gasteiger partial charge on any atom is -0.277 e. The van der Waals surface area contributed by atoms with Crippen LogP contribution in [0.2, 0.25) is 10.0 Å². The number of sulfonamides is 1. The maximum Gasteiger partial charge on any atom is 0.279 e. The van der Waals surface area contributed by atoms with Gasteiger partial charge in [-0.3, -0.25) is 9.52 Å². The fraction of sp³-hybridized carbons (Fsp3) is 0.0435. The Bertz CT molecular complexity index is 1850. The fourth-order valence-corrected chi connectivity index (χ4v) is 5.69. The van der Waals surface area contributed by atoms with Gasteiger partial charge in [-0.2, -0.15) is 0 Å². The topological polar surface area (TPSA) is 111 Å². The Labute approximate surface area is 223 Å². The largest absolute Gasteiger partial charge is 0.279 e. The van der Waals surface area contributed by atoms with Crippen LogP contribution < -0.4 is 10.3 Å². The third-order valence-electron chi connectivity index (χ3n) is 5.27. The Morgan fingerprint density at radius 3 is 2.57 bits per heavy atom. The van der Waals surface area contributed by atoms with Gasteiger partial charge in [0.1, 0.15) is 16.4 Å². The maximum atomic E-state index is 13.7. The van der Waals surface area contributed by atoms with Gasteiger partial charge in [0.05, 0.1) is 28.5 Å². The lowest BCUT2D eigenvalue weighted by atomic mass is 10.2. The van der Waals surface area contributed by atoms with Gasteiger partial charge < -0.3 is 0 Å². The van der Waals surface area contributed by atoms with E-state index in [0.29, 0.717) is 10.0 Å². The molecule has 0 aliphatic carbocycles. The SMILES string of the molecule is Cn1c(=O)c(-c2nnc(-c3ccccc3)s2)c2ncc(NS(=O)(=O)/C=C/c3c(Cl)ccc(F)c3Cl)cn21. The van der Waals surface area contributed by atoms with Crippen LogP contribution >= 0.6 is 34.5 Å². The lowest BCUT2D eigenvalue weighted by molar-refractivity contribution is 0.609. The summed E-state index contributed by atoms with van der Waals surface area (Å²) in [5.74, 6) is -0.735. The minimum absolute atomic E-state index is 0.0201. The van der Waals surface area contributed by atoms with Gasteiger partial charge in [-0.25, -0.2) is 27.0 Å². The molecule has 1 N–H and O–H groups in total. The summed E-state index contributed by atoms with van der Waals surface area (Å²) in [6.45, 7) is 0. The van der Waals surface area contributed by atoms with E-state index in [2.05, 4.69) is 19.9 Å². The number of anilines is 1. The maximum absolute atomic E-state index is 13.7. The molecule has 0 bridgehead atoms. The number of hydrogen-bond donors (Lipinski definition) is 1. The quantitative estimate of drug-likeness (QED) is 0.282. The van der Waals surface area contributed by atoms with E-state index in [4.69, 9.17) is 23.2 Å². The van der Waals surface area contributed by atoms with Crippen molar-refractivity contribution in [3.05, 3.63) is 92.0 Å². The van der Waals surface area contributed by atoms with Crippen molar-refractivity contribution in [2.24, 2.45) is 7.05 Å². The average Bonchev–Trinajstić information content (AvgIpc) is 3.45. The van der Waals surface area contributed by atoms with Crippen molar-refractivity contribution < 1.29 is 12.8 Å². The minimum atomic E-state index is -4.07.